The number of hydrogen-bond acceptors (Lipinski definition) is 3. The summed E-state index contributed by atoms with van der Waals surface area (Å²) in [5.74, 6) is 0.612. The Morgan fingerprint density at radius 1 is 1.38 bits per heavy atom. The van der Waals surface area contributed by atoms with Crippen LogP contribution in [0, 0.1) is 5.92 Å². The maximum atomic E-state index is 12.6. The molecule has 4 nitrogen and oxygen atoms in total. The molecule has 1 fully saturated rings. The molecule has 1 aromatic rings. The molecular formula is C16H26ClN3O. The van der Waals surface area contributed by atoms with E-state index in [2.05, 4.69) is 18.9 Å². The molecule has 118 valence electrons. The number of piperidine rings is 1. The number of halogens is 1. The lowest BCUT2D eigenvalue weighted by atomic mass is 9.92. The summed E-state index contributed by atoms with van der Waals surface area (Å²) in [5, 5.41) is 0. The van der Waals surface area contributed by atoms with Gasteiger partial charge >= 0.3 is 0 Å². The second-order valence-corrected chi connectivity index (χ2v) is 5.91. The van der Waals surface area contributed by atoms with Crippen LogP contribution in [0.4, 0.5) is 0 Å². The van der Waals surface area contributed by atoms with Crippen molar-refractivity contribution >= 4 is 18.3 Å². The molecule has 1 aromatic carbocycles. The fourth-order valence-corrected chi connectivity index (χ4v) is 3.05. The van der Waals surface area contributed by atoms with E-state index >= 15 is 0 Å². The lowest BCUT2D eigenvalue weighted by Crippen LogP contribution is -2.49. The average molecular weight is 312 g/mol. The first kappa shape index (κ1) is 18.0. The van der Waals surface area contributed by atoms with E-state index in [0.717, 1.165) is 30.6 Å². The van der Waals surface area contributed by atoms with Crippen LogP contribution in [0.15, 0.2) is 24.3 Å². The van der Waals surface area contributed by atoms with E-state index in [1.54, 1.807) is 0 Å². The van der Waals surface area contributed by atoms with Gasteiger partial charge in [-0.3, -0.25) is 4.79 Å². The Bertz CT molecular complexity index is 463. The molecule has 1 aliphatic heterocycles. The first-order chi connectivity index (χ1) is 9.52. The molecule has 1 amide bonds. The lowest BCUT2D eigenvalue weighted by molar-refractivity contribution is 0.0549. The van der Waals surface area contributed by atoms with Gasteiger partial charge in [0, 0.05) is 31.7 Å². The quantitative estimate of drug-likeness (QED) is 0.928. The van der Waals surface area contributed by atoms with Gasteiger partial charge < -0.3 is 15.5 Å². The predicted octanol–water partition coefficient (Wildman–Crippen LogP) is 1.98. The monoisotopic (exact) mass is 311 g/mol. The minimum Gasteiger partial charge on any atom is -0.338 e. The molecule has 0 aromatic heterocycles. The lowest BCUT2D eigenvalue weighted by Gasteiger charge is -2.40. The summed E-state index contributed by atoms with van der Waals surface area (Å²) in [6.07, 6.45) is 1.04. The largest absolute Gasteiger partial charge is 0.338 e. The second-order valence-electron chi connectivity index (χ2n) is 5.91. The number of likely N-dealkylation sites (tertiary alicyclic amines) is 1. The van der Waals surface area contributed by atoms with Crippen LogP contribution in [0.3, 0.4) is 0 Å². The summed E-state index contributed by atoms with van der Waals surface area (Å²) >= 11 is 0. The van der Waals surface area contributed by atoms with Gasteiger partial charge in [-0.2, -0.15) is 0 Å². The minimum absolute atomic E-state index is 0. The van der Waals surface area contributed by atoms with E-state index < -0.39 is 0 Å². The van der Waals surface area contributed by atoms with E-state index in [1.165, 1.54) is 0 Å². The Morgan fingerprint density at radius 2 is 2.00 bits per heavy atom. The number of carbonyl (C=O) groups is 1. The van der Waals surface area contributed by atoms with Crippen molar-refractivity contribution in [2.24, 2.45) is 11.7 Å². The standard InChI is InChI=1S/C16H25N3O.ClH/c1-12-11-18(2)9-8-15(12)19(3)16(20)14-6-4-13(10-17)5-7-14;/h4-7,12,15H,8-11,17H2,1-3H3;1H. The molecule has 2 N–H and O–H groups in total. The van der Waals surface area contributed by atoms with Crippen LogP contribution in [-0.2, 0) is 6.54 Å². The van der Waals surface area contributed by atoms with E-state index in [0.29, 0.717) is 18.5 Å². The summed E-state index contributed by atoms with van der Waals surface area (Å²) in [6, 6.07) is 7.94. The zero-order valence-corrected chi connectivity index (χ0v) is 13.9. The van der Waals surface area contributed by atoms with Gasteiger partial charge in [-0.15, -0.1) is 12.4 Å². The molecule has 5 heteroatoms. The maximum absolute atomic E-state index is 12.6. The Labute approximate surface area is 133 Å². The van der Waals surface area contributed by atoms with Crippen LogP contribution in [0.2, 0.25) is 0 Å². The van der Waals surface area contributed by atoms with Crippen molar-refractivity contribution in [3.8, 4) is 0 Å². The molecule has 0 aliphatic carbocycles. The summed E-state index contributed by atoms with van der Waals surface area (Å²) in [4.78, 5) is 16.8. The Hall–Kier alpha value is -1.10. The molecule has 0 bridgehead atoms. The molecule has 1 aliphatic rings. The van der Waals surface area contributed by atoms with Crippen LogP contribution in [0.5, 0.6) is 0 Å². The molecule has 2 rings (SSSR count). The number of nitrogens with two attached hydrogens (primary N) is 1. The Kier molecular flexibility index (Phi) is 6.65. The van der Waals surface area contributed by atoms with Gasteiger partial charge in [0.2, 0.25) is 0 Å². The zero-order valence-electron chi connectivity index (χ0n) is 13.1. The fourth-order valence-electron chi connectivity index (χ4n) is 3.05. The molecule has 1 saturated heterocycles. The highest BCUT2D eigenvalue weighted by molar-refractivity contribution is 5.94. The van der Waals surface area contributed by atoms with E-state index in [4.69, 9.17) is 5.73 Å². The fraction of sp³-hybridized carbons (Fsp3) is 0.562. The Morgan fingerprint density at radius 3 is 2.52 bits per heavy atom. The topological polar surface area (TPSA) is 49.6 Å². The van der Waals surface area contributed by atoms with E-state index in [1.807, 2.05) is 36.2 Å². The third kappa shape index (κ3) is 4.19. The first-order valence-electron chi connectivity index (χ1n) is 7.27. The van der Waals surface area contributed by atoms with Gasteiger partial charge in [0.1, 0.15) is 0 Å². The molecule has 0 saturated carbocycles. The summed E-state index contributed by atoms with van der Waals surface area (Å²) < 4.78 is 0. The van der Waals surface area contributed by atoms with Crippen molar-refractivity contribution < 1.29 is 4.79 Å². The van der Waals surface area contributed by atoms with Gasteiger partial charge in [-0.05, 0) is 43.6 Å². The van der Waals surface area contributed by atoms with Gasteiger partial charge in [-0.1, -0.05) is 19.1 Å². The van der Waals surface area contributed by atoms with Crippen molar-refractivity contribution in [1.82, 2.24) is 9.80 Å². The molecule has 21 heavy (non-hydrogen) atoms. The van der Waals surface area contributed by atoms with Gasteiger partial charge in [-0.25, -0.2) is 0 Å². The summed E-state index contributed by atoms with van der Waals surface area (Å²) in [6.45, 7) is 4.84. The molecule has 1 heterocycles. The molecule has 2 unspecified atom stereocenters. The van der Waals surface area contributed by atoms with Crippen LogP contribution >= 0.6 is 12.4 Å². The normalized spacial score (nSPS) is 22.5. The first-order valence-corrected chi connectivity index (χ1v) is 7.27. The van der Waals surface area contributed by atoms with Crippen molar-refractivity contribution in [2.45, 2.75) is 25.9 Å². The van der Waals surface area contributed by atoms with Gasteiger partial charge in [0.15, 0.2) is 0 Å². The SMILES string of the molecule is CC1CN(C)CCC1N(C)C(=O)c1ccc(CN)cc1.Cl. The van der Waals surface area contributed by atoms with Crippen LogP contribution in [0.1, 0.15) is 29.3 Å². The minimum atomic E-state index is 0. The van der Waals surface area contributed by atoms with E-state index in [9.17, 15) is 4.79 Å². The third-order valence-electron chi connectivity index (χ3n) is 4.32. The average Bonchev–Trinajstić information content (AvgIpc) is 2.46. The number of amides is 1. The van der Waals surface area contributed by atoms with E-state index in [-0.39, 0.29) is 18.3 Å². The van der Waals surface area contributed by atoms with Crippen LogP contribution in [-0.4, -0.2) is 48.9 Å². The second kappa shape index (κ2) is 7.78. The molecule has 2 atom stereocenters. The summed E-state index contributed by atoms with van der Waals surface area (Å²) in [5.41, 5.74) is 7.38. The predicted molar refractivity (Wildman–Crippen MR) is 88.7 cm³/mol. The molecule has 0 radical (unpaired) electrons. The zero-order chi connectivity index (χ0) is 14.7. The smallest absolute Gasteiger partial charge is 0.253 e. The van der Waals surface area contributed by atoms with Gasteiger partial charge in [0.05, 0.1) is 0 Å². The van der Waals surface area contributed by atoms with Crippen molar-refractivity contribution in [3.05, 3.63) is 35.4 Å². The number of rotatable bonds is 3. The number of nitrogens with zero attached hydrogens (tertiary/aromatic N) is 2. The third-order valence-corrected chi connectivity index (χ3v) is 4.32. The highest BCUT2D eigenvalue weighted by Crippen LogP contribution is 2.22. The number of benzene rings is 1. The van der Waals surface area contributed by atoms with Crippen LogP contribution < -0.4 is 5.73 Å². The maximum Gasteiger partial charge on any atom is 0.253 e. The van der Waals surface area contributed by atoms with Crippen molar-refractivity contribution in [3.63, 3.8) is 0 Å². The summed E-state index contributed by atoms with van der Waals surface area (Å²) in [7, 11) is 4.06. The highest BCUT2D eigenvalue weighted by Gasteiger charge is 2.30. The van der Waals surface area contributed by atoms with Gasteiger partial charge in [0.25, 0.3) is 5.91 Å². The van der Waals surface area contributed by atoms with Crippen molar-refractivity contribution in [1.29, 1.82) is 0 Å². The molecule has 0 spiro atoms. The van der Waals surface area contributed by atoms with Crippen molar-refractivity contribution in [2.75, 3.05) is 27.2 Å². The van der Waals surface area contributed by atoms with Crippen LogP contribution in [0.25, 0.3) is 0 Å². The highest BCUT2D eigenvalue weighted by atomic mass is 35.5. The molecular weight excluding hydrogens is 286 g/mol. The Balaban J connectivity index is 0.00000220. The number of hydrogen-bond donors (Lipinski definition) is 1. The number of carbonyl (C=O) groups excluding carboxylic acids is 1.